The molecule has 0 unspecified atom stereocenters. The lowest BCUT2D eigenvalue weighted by atomic mass is 10.1. The number of rotatable bonds is 2. The van der Waals surface area contributed by atoms with Gasteiger partial charge in [-0.05, 0) is 47.6 Å². The quantitative estimate of drug-likeness (QED) is 0.683. The third-order valence-electron chi connectivity index (χ3n) is 3.74. The topological polar surface area (TPSA) is 58.6 Å². The van der Waals surface area contributed by atoms with Crippen LogP contribution in [0.25, 0.3) is 22.3 Å². The zero-order chi connectivity index (χ0) is 14.4. The summed E-state index contributed by atoms with van der Waals surface area (Å²) in [6.45, 7) is 0. The number of benzene rings is 1. The second kappa shape index (κ2) is 4.91. The van der Waals surface area contributed by atoms with Crippen LogP contribution in [0.3, 0.4) is 0 Å². The van der Waals surface area contributed by atoms with Gasteiger partial charge in [0.15, 0.2) is 0 Å². The second-order valence-electron chi connectivity index (χ2n) is 5.27. The SMILES string of the molecule is O=c1[nH]c(-c2cccc3cccnc23)nc(C2CC2)c1I. The molecule has 2 heterocycles. The van der Waals surface area contributed by atoms with E-state index in [1.165, 1.54) is 0 Å². The van der Waals surface area contributed by atoms with Crippen molar-refractivity contribution in [3.63, 3.8) is 0 Å². The van der Waals surface area contributed by atoms with E-state index in [2.05, 4.69) is 32.6 Å². The van der Waals surface area contributed by atoms with E-state index >= 15 is 0 Å². The monoisotopic (exact) mass is 389 g/mol. The van der Waals surface area contributed by atoms with E-state index < -0.39 is 0 Å². The van der Waals surface area contributed by atoms with Crippen LogP contribution in [0, 0.1) is 3.57 Å². The van der Waals surface area contributed by atoms with E-state index in [0.29, 0.717) is 15.3 Å². The minimum atomic E-state index is -0.0598. The maximum absolute atomic E-state index is 12.2. The van der Waals surface area contributed by atoms with Crippen LogP contribution in [-0.4, -0.2) is 15.0 Å². The molecule has 1 N–H and O–H groups in total. The van der Waals surface area contributed by atoms with Crippen LogP contribution in [0.15, 0.2) is 41.3 Å². The maximum Gasteiger partial charge on any atom is 0.264 e. The third kappa shape index (κ3) is 2.25. The molecular formula is C16H12IN3O. The number of hydrogen-bond donors (Lipinski definition) is 1. The Labute approximate surface area is 134 Å². The summed E-state index contributed by atoms with van der Waals surface area (Å²) in [4.78, 5) is 24.2. The molecule has 1 aliphatic carbocycles. The highest BCUT2D eigenvalue weighted by Crippen LogP contribution is 2.40. The average molecular weight is 389 g/mol. The number of aromatic amines is 1. The molecule has 0 aliphatic heterocycles. The number of fused-ring (bicyclic) bond motifs is 1. The van der Waals surface area contributed by atoms with E-state index in [4.69, 9.17) is 4.98 Å². The molecule has 0 saturated heterocycles. The van der Waals surface area contributed by atoms with Gasteiger partial charge in [-0.2, -0.15) is 0 Å². The molecule has 5 heteroatoms. The zero-order valence-corrected chi connectivity index (χ0v) is 13.3. The molecule has 0 spiro atoms. The van der Waals surface area contributed by atoms with Crippen molar-refractivity contribution in [2.45, 2.75) is 18.8 Å². The van der Waals surface area contributed by atoms with Crippen LogP contribution in [0.5, 0.6) is 0 Å². The third-order valence-corrected chi connectivity index (χ3v) is 4.78. The molecule has 0 bridgehead atoms. The molecule has 3 aromatic rings. The van der Waals surface area contributed by atoms with Gasteiger partial charge >= 0.3 is 0 Å². The summed E-state index contributed by atoms with van der Waals surface area (Å²) in [5, 5.41) is 1.05. The summed E-state index contributed by atoms with van der Waals surface area (Å²) >= 11 is 2.09. The van der Waals surface area contributed by atoms with Gasteiger partial charge < -0.3 is 4.98 Å². The number of H-pyrrole nitrogens is 1. The highest BCUT2D eigenvalue weighted by atomic mass is 127. The Kier molecular flexibility index (Phi) is 3.02. The highest BCUT2D eigenvalue weighted by Gasteiger charge is 2.29. The fourth-order valence-corrected chi connectivity index (χ4v) is 3.22. The summed E-state index contributed by atoms with van der Waals surface area (Å²) in [5.41, 5.74) is 2.62. The summed E-state index contributed by atoms with van der Waals surface area (Å²) < 4.78 is 0.715. The lowest BCUT2D eigenvalue weighted by Gasteiger charge is -2.08. The van der Waals surface area contributed by atoms with Crippen LogP contribution in [0.4, 0.5) is 0 Å². The molecule has 1 aliphatic rings. The smallest absolute Gasteiger partial charge is 0.264 e. The Balaban J connectivity index is 1.99. The van der Waals surface area contributed by atoms with Crippen molar-refractivity contribution in [3.8, 4) is 11.4 Å². The molecular weight excluding hydrogens is 377 g/mol. The van der Waals surface area contributed by atoms with Crippen LogP contribution in [0.1, 0.15) is 24.5 Å². The molecule has 0 radical (unpaired) electrons. The molecule has 0 atom stereocenters. The van der Waals surface area contributed by atoms with E-state index in [1.807, 2.05) is 30.3 Å². The first kappa shape index (κ1) is 12.9. The summed E-state index contributed by atoms with van der Waals surface area (Å²) in [6, 6.07) is 9.86. The zero-order valence-electron chi connectivity index (χ0n) is 11.1. The van der Waals surface area contributed by atoms with Crippen LogP contribution in [0.2, 0.25) is 0 Å². The first-order valence-corrected chi connectivity index (χ1v) is 7.96. The molecule has 21 heavy (non-hydrogen) atoms. The first-order valence-electron chi connectivity index (χ1n) is 6.88. The van der Waals surface area contributed by atoms with Crippen molar-refractivity contribution in [2.24, 2.45) is 0 Å². The van der Waals surface area contributed by atoms with Gasteiger partial charge in [0.2, 0.25) is 0 Å². The van der Waals surface area contributed by atoms with Crippen LogP contribution >= 0.6 is 22.6 Å². The van der Waals surface area contributed by atoms with Gasteiger partial charge in [0, 0.05) is 23.1 Å². The Morgan fingerprint density at radius 1 is 1.19 bits per heavy atom. The van der Waals surface area contributed by atoms with Crippen LogP contribution < -0.4 is 5.56 Å². The fourth-order valence-electron chi connectivity index (χ4n) is 2.53. The molecule has 1 aromatic carbocycles. The standard InChI is InChI=1S/C16H12IN3O/c17-12-14(10-6-7-10)19-15(20-16(12)21)11-5-1-3-9-4-2-8-18-13(9)11/h1-5,8,10H,6-7H2,(H,19,20,21). The van der Waals surface area contributed by atoms with Gasteiger partial charge in [0.05, 0.1) is 14.8 Å². The molecule has 2 aromatic heterocycles. The second-order valence-corrected chi connectivity index (χ2v) is 6.35. The van der Waals surface area contributed by atoms with Crippen molar-refractivity contribution in [2.75, 3.05) is 0 Å². The molecule has 1 fully saturated rings. The number of hydrogen-bond acceptors (Lipinski definition) is 3. The minimum absolute atomic E-state index is 0.0598. The van der Waals surface area contributed by atoms with Gasteiger partial charge in [-0.1, -0.05) is 18.2 Å². The number of halogens is 1. The summed E-state index contributed by atoms with van der Waals surface area (Å²) in [7, 11) is 0. The van der Waals surface area contributed by atoms with E-state index in [1.54, 1.807) is 6.20 Å². The number of aromatic nitrogens is 3. The normalized spacial score (nSPS) is 14.5. The van der Waals surface area contributed by atoms with Crippen LogP contribution in [-0.2, 0) is 0 Å². The Morgan fingerprint density at radius 3 is 2.81 bits per heavy atom. The maximum atomic E-state index is 12.2. The molecule has 1 saturated carbocycles. The average Bonchev–Trinajstić information content (AvgIpc) is 3.34. The predicted molar refractivity (Wildman–Crippen MR) is 90.3 cm³/mol. The van der Waals surface area contributed by atoms with Gasteiger partial charge in [0.25, 0.3) is 5.56 Å². The number of nitrogens with one attached hydrogen (secondary N) is 1. The van der Waals surface area contributed by atoms with Crippen molar-refractivity contribution in [1.82, 2.24) is 15.0 Å². The summed E-state index contributed by atoms with van der Waals surface area (Å²) in [6.07, 6.45) is 4.01. The Bertz CT molecular complexity index is 894. The van der Waals surface area contributed by atoms with E-state index in [0.717, 1.165) is 35.0 Å². The van der Waals surface area contributed by atoms with Gasteiger partial charge in [-0.3, -0.25) is 9.78 Å². The number of nitrogens with zero attached hydrogens (tertiary/aromatic N) is 2. The minimum Gasteiger partial charge on any atom is -0.306 e. The van der Waals surface area contributed by atoms with Gasteiger partial charge in [-0.25, -0.2) is 4.98 Å². The predicted octanol–water partition coefficient (Wildman–Crippen LogP) is 3.47. The van der Waals surface area contributed by atoms with Crippen molar-refractivity contribution in [3.05, 3.63) is 56.1 Å². The number of para-hydroxylation sites is 1. The van der Waals surface area contributed by atoms with Gasteiger partial charge in [0.1, 0.15) is 5.82 Å². The largest absolute Gasteiger partial charge is 0.306 e. The Morgan fingerprint density at radius 2 is 2.00 bits per heavy atom. The van der Waals surface area contributed by atoms with E-state index in [-0.39, 0.29) is 5.56 Å². The van der Waals surface area contributed by atoms with Crippen molar-refractivity contribution in [1.29, 1.82) is 0 Å². The van der Waals surface area contributed by atoms with Crippen molar-refractivity contribution < 1.29 is 0 Å². The molecule has 0 amide bonds. The summed E-state index contributed by atoms with van der Waals surface area (Å²) in [5.74, 6) is 1.06. The van der Waals surface area contributed by atoms with Gasteiger partial charge in [-0.15, -0.1) is 0 Å². The lowest BCUT2D eigenvalue weighted by molar-refractivity contribution is 0.959. The van der Waals surface area contributed by atoms with Crippen molar-refractivity contribution >= 4 is 33.5 Å². The fraction of sp³-hybridized carbons (Fsp3) is 0.188. The molecule has 4 rings (SSSR count). The molecule has 104 valence electrons. The van der Waals surface area contributed by atoms with E-state index in [9.17, 15) is 4.79 Å². The first-order chi connectivity index (χ1) is 10.2. The lowest BCUT2D eigenvalue weighted by Crippen LogP contribution is -2.16. The molecule has 4 nitrogen and oxygen atoms in total. The highest BCUT2D eigenvalue weighted by molar-refractivity contribution is 14.1. The number of pyridine rings is 1. The Hall–Kier alpha value is -1.76.